The molecule has 2 fully saturated rings. The Balaban J connectivity index is 1.18. The van der Waals surface area contributed by atoms with Gasteiger partial charge in [0.25, 0.3) is 5.91 Å². The molecule has 0 spiro atoms. The quantitative estimate of drug-likeness (QED) is 0.553. The number of anilines is 1. The van der Waals surface area contributed by atoms with Gasteiger partial charge in [-0.05, 0) is 50.5 Å². The van der Waals surface area contributed by atoms with E-state index in [4.69, 9.17) is 9.72 Å². The first-order chi connectivity index (χ1) is 16.5. The largest absolute Gasteiger partial charge is 0.378 e. The van der Waals surface area contributed by atoms with Crippen molar-refractivity contribution in [2.45, 2.75) is 52.3 Å². The average molecular weight is 463 g/mol. The number of aromatic nitrogens is 6. The zero-order valence-corrected chi connectivity index (χ0v) is 19.8. The number of rotatable bonds is 7. The highest BCUT2D eigenvalue weighted by Gasteiger charge is 2.45. The second kappa shape index (κ2) is 8.19. The van der Waals surface area contributed by atoms with Crippen LogP contribution in [0.3, 0.4) is 0 Å². The van der Waals surface area contributed by atoms with Crippen LogP contribution < -0.4 is 10.2 Å². The number of aromatic amines is 1. The molecule has 178 valence electrons. The number of carbonyl (C=O) groups is 1. The zero-order chi connectivity index (χ0) is 23.4. The van der Waals surface area contributed by atoms with Crippen molar-refractivity contribution >= 4 is 11.9 Å². The Morgan fingerprint density at radius 2 is 2.09 bits per heavy atom. The van der Waals surface area contributed by atoms with E-state index in [2.05, 4.69) is 30.5 Å². The summed E-state index contributed by atoms with van der Waals surface area (Å²) >= 11 is 0. The molecule has 4 heterocycles. The van der Waals surface area contributed by atoms with Crippen molar-refractivity contribution in [3.63, 3.8) is 0 Å². The monoisotopic (exact) mass is 462 g/mol. The molecule has 6 rings (SSSR count). The van der Waals surface area contributed by atoms with Crippen molar-refractivity contribution in [2.75, 3.05) is 25.1 Å². The summed E-state index contributed by atoms with van der Waals surface area (Å²) in [6.07, 6.45) is 6.82. The number of ether oxygens (including phenoxy) is 1. The third-order valence-electron chi connectivity index (χ3n) is 7.47. The van der Waals surface area contributed by atoms with Crippen LogP contribution in [-0.2, 0) is 24.3 Å². The smallest absolute Gasteiger partial charge is 0.255 e. The minimum absolute atomic E-state index is 0.0674. The van der Waals surface area contributed by atoms with E-state index >= 15 is 0 Å². The zero-order valence-electron chi connectivity index (χ0n) is 19.8. The number of hydrogen-bond acceptors (Lipinski definition) is 7. The van der Waals surface area contributed by atoms with Gasteiger partial charge in [0.2, 0.25) is 5.95 Å². The molecule has 0 radical (unpaired) electrons. The Morgan fingerprint density at radius 1 is 1.26 bits per heavy atom. The molecular formula is C24H30N8O2. The van der Waals surface area contributed by atoms with E-state index in [-0.39, 0.29) is 18.6 Å². The fourth-order valence-corrected chi connectivity index (χ4v) is 5.39. The van der Waals surface area contributed by atoms with Crippen LogP contribution in [0.25, 0.3) is 0 Å². The van der Waals surface area contributed by atoms with E-state index in [0.717, 1.165) is 66.4 Å². The highest BCUT2D eigenvalue weighted by molar-refractivity contribution is 5.95. The van der Waals surface area contributed by atoms with Crippen LogP contribution in [-0.4, -0.2) is 56.1 Å². The summed E-state index contributed by atoms with van der Waals surface area (Å²) in [7, 11) is 1.61. The lowest BCUT2D eigenvalue weighted by atomic mass is 10.2. The fourth-order valence-electron chi connectivity index (χ4n) is 5.39. The average Bonchev–Trinajstić information content (AvgIpc) is 3.22. The molecule has 1 saturated carbocycles. The SMILES string of the molecule is COCc1nn(Cc2cnc(N3CC4CC4C3)nc2C)cc1C(=O)N[C@@H]1CCc2c(C)n[nH]c21. The Morgan fingerprint density at radius 3 is 2.85 bits per heavy atom. The van der Waals surface area contributed by atoms with Crippen LogP contribution in [0.5, 0.6) is 0 Å². The molecule has 3 aliphatic rings. The molecule has 0 bridgehead atoms. The standard InChI is InChI=1S/C24H30N8O2/c1-13-17(7-25-24(26-13)31-8-15-6-16(15)9-31)10-32-11-19(21(30-32)12-34-3)23(33)27-20-5-4-18-14(2)28-29-22(18)20/h7,11,15-16,20H,4-6,8-10,12H2,1-3H3,(H,27,33)(H,28,29)/t15?,16?,20-/m1/s1. The number of methoxy groups -OCH3 is 1. The van der Waals surface area contributed by atoms with Crippen molar-refractivity contribution in [2.24, 2.45) is 11.8 Å². The molecule has 10 heteroatoms. The normalized spacial score (nSPS) is 22.7. The van der Waals surface area contributed by atoms with Gasteiger partial charge in [0, 0.05) is 43.9 Å². The number of piperidine rings is 1. The molecule has 10 nitrogen and oxygen atoms in total. The van der Waals surface area contributed by atoms with Crippen molar-refractivity contribution in [3.05, 3.63) is 51.9 Å². The summed E-state index contributed by atoms with van der Waals surface area (Å²) in [6, 6.07) is -0.0674. The maximum Gasteiger partial charge on any atom is 0.255 e. The van der Waals surface area contributed by atoms with E-state index in [1.54, 1.807) is 18.0 Å². The lowest BCUT2D eigenvalue weighted by Gasteiger charge is -2.18. The van der Waals surface area contributed by atoms with Crippen LogP contribution in [0.1, 0.15) is 63.1 Å². The first-order valence-corrected chi connectivity index (χ1v) is 12.0. The van der Waals surface area contributed by atoms with Gasteiger partial charge < -0.3 is 15.0 Å². The number of carbonyl (C=O) groups excluding carboxylic acids is 1. The predicted octanol–water partition coefficient (Wildman–Crippen LogP) is 2.08. The molecule has 2 aliphatic carbocycles. The number of H-pyrrole nitrogens is 1. The molecule has 0 aromatic carbocycles. The minimum atomic E-state index is -0.153. The molecule has 3 atom stereocenters. The summed E-state index contributed by atoms with van der Waals surface area (Å²) in [5.74, 6) is 2.34. The van der Waals surface area contributed by atoms with E-state index in [0.29, 0.717) is 17.8 Å². The molecule has 3 aromatic heterocycles. The molecule has 1 saturated heterocycles. The maximum atomic E-state index is 13.2. The van der Waals surface area contributed by atoms with Gasteiger partial charge in [-0.1, -0.05) is 0 Å². The Bertz CT molecular complexity index is 1240. The third-order valence-corrected chi connectivity index (χ3v) is 7.47. The van der Waals surface area contributed by atoms with Crippen LogP contribution in [0.2, 0.25) is 0 Å². The molecule has 1 amide bonds. The summed E-state index contributed by atoms with van der Waals surface area (Å²) in [5, 5.41) is 15.2. The second-order valence-electron chi connectivity index (χ2n) is 9.83. The number of amides is 1. The van der Waals surface area contributed by atoms with Gasteiger partial charge in [-0.25, -0.2) is 9.97 Å². The molecule has 2 unspecified atom stereocenters. The summed E-state index contributed by atoms with van der Waals surface area (Å²) in [5.41, 5.74) is 6.29. The van der Waals surface area contributed by atoms with E-state index < -0.39 is 0 Å². The summed E-state index contributed by atoms with van der Waals surface area (Å²) in [4.78, 5) is 24.9. The summed E-state index contributed by atoms with van der Waals surface area (Å²) < 4.78 is 7.10. The number of aryl methyl sites for hydroxylation is 2. The lowest BCUT2D eigenvalue weighted by molar-refractivity contribution is 0.0931. The van der Waals surface area contributed by atoms with Gasteiger partial charge >= 0.3 is 0 Å². The number of hydrogen-bond donors (Lipinski definition) is 2. The third kappa shape index (κ3) is 3.75. The predicted molar refractivity (Wildman–Crippen MR) is 124 cm³/mol. The van der Waals surface area contributed by atoms with Crippen LogP contribution in [0.15, 0.2) is 12.4 Å². The molecule has 1 aliphatic heterocycles. The van der Waals surface area contributed by atoms with Crippen LogP contribution >= 0.6 is 0 Å². The lowest BCUT2D eigenvalue weighted by Crippen LogP contribution is -2.28. The van der Waals surface area contributed by atoms with Gasteiger partial charge in [-0.2, -0.15) is 10.2 Å². The topological polar surface area (TPSA) is 114 Å². The van der Waals surface area contributed by atoms with E-state index in [1.807, 2.05) is 20.0 Å². The Kier molecular flexibility index (Phi) is 5.13. The highest BCUT2D eigenvalue weighted by Crippen LogP contribution is 2.45. The first-order valence-electron chi connectivity index (χ1n) is 12.0. The summed E-state index contributed by atoms with van der Waals surface area (Å²) in [6.45, 7) is 6.90. The molecule has 34 heavy (non-hydrogen) atoms. The van der Waals surface area contributed by atoms with Gasteiger partial charge in [-0.15, -0.1) is 0 Å². The Hall–Kier alpha value is -3.27. The first kappa shape index (κ1) is 21.3. The molecule has 2 N–H and O–H groups in total. The number of nitrogens with zero attached hydrogens (tertiary/aromatic N) is 6. The van der Waals surface area contributed by atoms with Gasteiger partial charge in [0.15, 0.2) is 0 Å². The van der Waals surface area contributed by atoms with E-state index in [9.17, 15) is 4.79 Å². The highest BCUT2D eigenvalue weighted by atomic mass is 16.5. The van der Waals surface area contributed by atoms with Crippen LogP contribution in [0, 0.1) is 25.7 Å². The Labute approximate surface area is 198 Å². The van der Waals surface area contributed by atoms with Gasteiger partial charge in [-0.3, -0.25) is 14.6 Å². The van der Waals surface area contributed by atoms with Crippen molar-refractivity contribution in [1.82, 2.24) is 35.3 Å². The minimum Gasteiger partial charge on any atom is -0.378 e. The number of fused-ring (bicyclic) bond motifs is 2. The van der Waals surface area contributed by atoms with Gasteiger partial charge in [0.1, 0.15) is 5.69 Å². The van der Waals surface area contributed by atoms with Gasteiger partial charge in [0.05, 0.1) is 36.1 Å². The van der Waals surface area contributed by atoms with Crippen molar-refractivity contribution in [1.29, 1.82) is 0 Å². The van der Waals surface area contributed by atoms with Crippen LogP contribution in [0.4, 0.5) is 5.95 Å². The fraction of sp³-hybridized carbons (Fsp3) is 0.542. The molecule has 3 aromatic rings. The maximum absolute atomic E-state index is 13.2. The molecular weight excluding hydrogens is 432 g/mol. The van der Waals surface area contributed by atoms with Crippen molar-refractivity contribution < 1.29 is 9.53 Å². The van der Waals surface area contributed by atoms with E-state index in [1.165, 1.54) is 12.0 Å². The van der Waals surface area contributed by atoms with Crippen molar-refractivity contribution in [3.8, 4) is 0 Å². The second-order valence-corrected chi connectivity index (χ2v) is 9.83. The number of nitrogens with one attached hydrogen (secondary N) is 2.